The van der Waals surface area contributed by atoms with E-state index < -0.39 is 0 Å². The third-order valence-electron chi connectivity index (χ3n) is 15.4. The molecular weight excluding hydrogens is 951 g/mol. The molecular formula is C72H120N2Ni. The van der Waals surface area contributed by atoms with E-state index in [0.29, 0.717) is 0 Å². The molecule has 0 aliphatic carbocycles. The largest absolute Gasteiger partial charge is 0.254 e. The number of aryl methyl sites for hydroxylation is 2. The molecule has 428 valence electrons. The normalized spacial score (nSPS) is 11.9. The maximum atomic E-state index is 5.08. The van der Waals surface area contributed by atoms with Crippen molar-refractivity contribution in [2.24, 2.45) is 9.98 Å². The quantitative estimate of drug-likeness (QED) is 0.0207. The summed E-state index contributed by atoms with van der Waals surface area (Å²) in [5.41, 5.74) is 5.30. The molecule has 0 radical (unpaired) electrons. The van der Waals surface area contributed by atoms with Gasteiger partial charge in [-0.1, -0.05) is 344 Å². The average molecular weight is 1070 g/mol. The summed E-state index contributed by atoms with van der Waals surface area (Å²) in [6, 6.07) is 17.2. The van der Waals surface area contributed by atoms with Gasteiger partial charge in [0.05, 0.1) is 17.6 Å². The molecule has 0 aromatic heterocycles. The van der Waals surface area contributed by atoms with Crippen molar-refractivity contribution in [2.75, 3.05) is 0 Å². The number of aliphatic imine (C=N–C) groups is 2. The number of para-hydroxylation sites is 2. The van der Waals surface area contributed by atoms with E-state index in [0.717, 1.165) is 49.2 Å². The first-order valence-electron chi connectivity index (χ1n) is 32.9. The van der Waals surface area contributed by atoms with Gasteiger partial charge in [-0.25, -0.2) is 4.99 Å². The van der Waals surface area contributed by atoms with Gasteiger partial charge in [0.15, 0.2) is 0 Å². The zero-order valence-electron chi connectivity index (χ0n) is 49.9. The Kier molecular flexibility index (Phi) is 53.9. The summed E-state index contributed by atoms with van der Waals surface area (Å²) in [6.07, 6.45) is 79.1. The van der Waals surface area contributed by atoms with Crippen molar-refractivity contribution in [1.29, 1.82) is 0 Å². The van der Waals surface area contributed by atoms with Crippen LogP contribution in [0.25, 0.3) is 0 Å². The second-order valence-electron chi connectivity index (χ2n) is 22.4. The molecule has 2 rings (SSSR count). The van der Waals surface area contributed by atoms with Crippen LogP contribution in [-0.2, 0) is 29.3 Å². The molecule has 0 aliphatic rings. The van der Waals surface area contributed by atoms with Gasteiger partial charge in [-0.3, -0.25) is 4.99 Å². The number of hydrogen-bond acceptors (Lipinski definition) is 2. The molecule has 0 fully saturated rings. The number of benzene rings is 2. The van der Waals surface area contributed by atoms with Gasteiger partial charge in [0.2, 0.25) is 0 Å². The molecule has 0 saturated heterocycles. The van der Waals surface area contributed by atoms with Gasteiger partial charge in [-0.05, 0) is 80.5 Å². The SMILES string of the molecule is CCC#CC(/C=N\c1ccccc1CC/C=C/CCCCCCCCCCCCCCCCCCCCCCC)=N\c1ccccc1CC/C=C/CCCCCCCCCCCCCCCCCCCCCCC.[Ni]. The van der Waals surface area contributed by atoms with Crippen LogP contribution < -0.4 is 0 Å². The minimum atomic E-state index is 0. The Labute approximate surface area is 478 Å². The van der Waals surface area contributed by atoms with E-state index in [2.05, 4.69) is 105 Å². The minimum absolute atomic E-state index is 0. The molecule has 2 aromatic carbocycles. The topological polar surface area (TPSA) is 24.7 Å². The van der Waals surface area contributed by atoms with Crippen LogP contribution in [0.15, 0.2) is 82.8 Å². The van der Waals surface area contributed by atoms with E-state index in [1.165, 1.54) is 294 Å². The van der Waals surface area contributed by atoms with Crippen molar-refractivity contribution < 1.29 is 16.5 Å². The van der Waals surface area contributed by atoms with E-state index in [1.807, 2.05) is 6.21 Å². The van der Waals surface area contributed by atoms with E-state index >= 15 is 0 Å². The van der Waals surface area contributed by atoms with Gasteiger partial charge in [0.25, 0.3) is 0 Å². The summed E-state index contributed by atoms with van der Waals surface area (Å²) >= 11 is 0. The van der Waals surface area contributed by atoms with Gasteiger partial charge in [-0.15, -0.1) is 0 Å². The fourth-order valence-electron chi connectivity index (χ4n) is 10.5. The Hall–Kier alpha value is -2.69. The van der Waals surface area contributed by atoms with Crippen molar-refractivity contribution in [3.05, 3.63) is 84.0 Å². The van der Waals surface area contributed by atoms with Crippen LogP contribution in [0.3, 0.4) is 0 Å². The molecule has 0 atom stereocenters. The number of allylic oxidation sites excluding steroid dienone is 4. The number of rotatable bonds is 53. The van der Waals surface area contributed by atoms with Gasteiger partial charge < -0.3 is 0 Å². The Balaban J connectivity index is 0.0000281. The van der Waals surface area contributed by atoms with Crippen LogP contribution in [0.4, 0.5) is 11.4 Å². The molecule has 3 heteroatoms. The Morgan fingerprint density at radius 1 is 0.347 bits per heavy atom. The van der Waals surface area contributed by atoms with Crippen molar-refractivity contribution >= 4 is 23.3 Å². The molecule has 0 aliphatic heterocycles. The predicted molar refractivity (Wildman–Crippen MR) is 336 cm³/mol. The van der Waals surface area contributed by atoms with Crippen molar-refractivity contribution in [2.45, 2.75) is 335 Å². The standard InChI is InChI=1S/C72H120N2.Ni/c1-4-7-10-12-14-16-18-20-22-24-26-28-30-32-34-36-38-40-42-44-46-48-50-52-54-60-68-62-56-58-65-71(68)73-67-70(64-9-6-3)74-72-66-59-57-63-69(72)61-55-53-51-49-47-45-43-41-39-37-35-33-31-29-27-25-23-21-19-17-15-13-11-8-5-2;/h50-53,56-59,62-63,65-67H,4-8,10-49,54-55,60-61H2,1-3H3;/b52-50+,53-51+,73-67-,74-70+;. The number of nitrogens with zero attached hydrogens (tertiary/aromatic N) is 2. The zero-order chi connectivity index (χ0) is 52.6. The van der Waals surface area contributed by atoms with Gasteiger partial charge in [0, 0.05) is 22.9 Å². The van der Waals surface area contributed by atoms with Crippen LogP contribution in [0, 0.1) is 11.8 Å². The third-order valence-corrected chi connectivity index (χ3v) is 15.4. The van der Waals surface area contributed by atoms with E-state index in [4.69, 9.17) is 9.98 Å². The van der Waals surface area contributed by atoms with Gasteiger partial charge in [-0.2, -0.15) is 0 Å². The van der Waals surface area contributed by atoms with Crippen LogP contribution in [0.5, 0.6) is 0 Å². The first-order valence-corrected chi connectivity index (χ1v) is 32.9. The molecule has 75 heavy (non-hydrogen) atoms. The monoisotopic (exact) mass is 1070 g/mol. The molecule has 2 aromatic rings. The maximum absolute atomic E-state index is 5.08. The van der Waals surface area contributed by atoms with E-state index in [1.54, 1.807) is 0 Å². The Morgan fingerprint density at radius 2 is 0.627 bits per heavy atom. The second-order valence-corrected chi connectivity index (χ2v) is 22.4. The Bertz CT molecular complexity index is 1690. The predicted octanol–water partition coefficient (Wildman–Crippen LogP) is 24.8. The molecule has 0 bridgehead atoms. The van der Waals surface area contributed by atoms with Gasteiger partial charge >= 0.3 is 0 Å². The van der Waals surface area contributed by atoms with Crippen LogP contribution in [-0.4, -0.2) is 11.9 Å². The molecule has 0 heterocycles. The summed E-state index contributed by atoms with van der Waals surface area (Å²) in [5, 5.41) is 0. The second kappa shape index (κ2) is 57.5. The molecule has 0 unspecified atom stereocenters. The van der Waals surface area contributed by atoms with Crippen molar-refractivity contribution in [3.8, 4) is 11.8 Å². The summed E-state index contributed by atoms with van der Waals surface area (Å²) in [4.78, 5) is 10.0. The van der Waals surface area contributed by atoms with Gasteiger partial charge in [0.1, 0.15) is 5.71 Å². The van der Waals surface area contributed by atoms with E-state index in [9.17, 15) is 0 Å². The first kappa shape index (κ1) is 70.3. The summed E-state index contributed by atoms with van der Waals surface area (Å²) in [5.74, 6) is 6.57. The summed E-state index contributed by atoms with van der Waals surface area (Å²) in [6.45, 7) is 6.71. The molecule has 0 N–H and O–H groups in total. The fraction of sp³-hybridized carbons (Fsp3) is 0.722. The van der Waals surface area contributed by atoms with Crippen LogP contribution in [0.2, 0.25) is 0 Å². The molecule has 0 spiro atoms. The van der Waals surface area contributed by atoms with Crippen LogP contribution in [0.1, 0.15) is 334 Å². The first-order chi connectivity index (χ1) is 36.8. The fourth-order valence-corrected chi connectivity index (χ4v) is 10.5. The van der Waals surface area contributed by atoms with Crippen molar-refractivity contribution in [3.63, 3.8) is 0 Å². The number of hydrogen-bond donors (Lipinski definition) is 0. The summed E-state index contributed by atoms with van der Waals surface area (Å²) in [7, 11) is 0. The third kappa shape index (κ3) is 46.0. The smallest absolute Gasteiger partial charge is 0.132 e. The Morgan fingerprint density at radius 3 is 0.960 bits per heavy atom. The molecule has 0 saturated carbocycles. The van der Waals surface area contributed by atoms with Crippen LogP contribution >= 0.6 is 0 Å². The molecule has 0 amide bonds. The zero-order valence-corrected chi connectivity index (χ0v) is 50.9. The minimum Gasteiger partial charge on any atom is -0.254 e. The average Bonchev–Trinajstić information content (AvgIpc) is 3.42. The maximum Gasteiger partial charge on any atom is 0.132 e. The van der Waals surface area contributed by atoms with Crippen molar-refractivity contribution in [1.82, 2.24) is 0 Å². The summed E-state index contributed by atoms with van der Waals surface area (Å²) < 4.78 is 0. The van der Waals surface area contributed by atoms with E-state index in [-0.39, 0.29) is 16.5 Å². The number of unbranched alkanes of at least 4 members (excludes halogenated alkanes) is 42. The molecule has 2 nitrogen and oxygen atoms in total.